The van der Waals surface area contributed by atoms with Gasteiger partial charge in [-0.15, -0.1) is 0 Å². The Morgan fingerprint density at radius 3 is 3.00 bits per heavy atom. The number of nitrogens with zero attached hydrogens (tertiary/aromatic N) is 2. The van der Waals surface area contributed by atoms with E-state index in [2.05, 4.69) is 15.3 Å². The minimum Gasteiger partial charge on any atom is -0.330 e. The summed E-state index contributed by atoms with van der Waals surface area (Å²) in [5.41, 5.74) is 9.08. The SMILES string of the molecule is CSc1nc(CCN)c2c(n1)CNC2. The predicted octanol–water partition coefficient (Wildman–Crippen LogP) is 0.303. The molecule has 1 aliphatic rings. The van der Waals surface area contributed by atoms with E-state index in [1.807, 2.05) is 6.26 Å². The third-order valence-corrected chi connectivity index (χ3v) is 2.86. The van der Waals surface area contributed by atoms with Gasteiger partial charge in [0.05, 0.1) is 11.4 Å². The summed E-state index contributed by atoms with van der Waals surface area (Å²) in [6, 6.07) is 0. The van der Waals surface area contributed by atoms with Crippen molar-refractivity contribution in [2.75, 3.05) is 12.8 Å². The fourth-order valence-corrected chi connectivity index (χ4v) is 2.05. The summed E-state index contributed by atoms with van der Waals surface area (Å²) in [4.78, 5) is 8.95. The van der Waals surface area contributed by atoms with Crippen LogP contribution in [0.3, 0.4) is 0 Å². The summed E-state index contributed by atoms with van der Waals surface area (Å²) >= 11 is 1.58. The maximum Gasteiger partial charge on any atom is 0.187 e. The minimum absolute atomic E-state index is 0.650. The summed E-state index contributed by atoms with van der Waals surface area (Å²) in [6.07, 6.45) is 2.84. The fraction of sp³-hybridized carbons (Fsp3) is 0.556. The van der Waals surface area contributed by atoms with Crippen molar-refractivity contribution >= 4 is 11.8 Å². The first-order valence-corrected chi connectivity index (χ1v) is 5.91. The zero-order chi connectivity index (χ0) is 9.97. The first-order valence-electron chi connectivity index (χ1n) is 4.68. The van der Waals surface area contributed by atoms with E-state index in [-0.39, 0.29) is 0 Å². The number of thioether (sulfide) groups is 1. The molecule has 0 unspecified atom stereocenters. The van der Waals surface area contributed by atoms with Crippen molar-refractivity contribution in [1.82, 2.24) is 15.3 Å². The van der Waals surface area contributed by atoms with Crippen LogP contribution in [-0.4, -0.2) is 22.8 Å². The number of hydrogen-bond donors (Lipinski definition) is 2. The maximum absolute atomic E-state index is 5.56. The van der Waals surface area contributed by atoms with Crippen LogP contribution in [0, 0.1) is 0 Å². The van der Waals surface area contributed by atoms with Crippen molar-refractivity contribution in [2.45, 2.75) is 24.7 Å². The van der Waals surface area contributed by atoms with Gasteiger partial charge in [0.25, 0.3) is 0 Å². The lowest BCUT2D eigenvalue weighted by Crippen LogP contribution is -2.09. The molecule has 0 fully saturated rings. The van der Waals surface area contributed by atoms with E-state index in [1.165, 1.54) is 5.56 Å². The Morgan fingerprint density at radius 1 is 1.43 bits per heavy atom. The Hall–Kier alpha value is -0.650. The highest BCUT2D eigenvalue weighted by Crippen LogP contribution is 2.20. The van der Waals surface area contributed by atoms with Crippen LogP contribution in [0.4, 0.5) is 0 Å². The van der Waals surface area contributed by atoms with Gasteiger partial charge in [0.1, 0.15) is 0 Å². The first kappa shape index (κ1) is 9.89. The lowest BCUT2D eigenvalue weighted by molar-refractivity contribution is 0.753. The molecule has 76 valence electrons. The molecule has 3 N–H and O–H groups in total. The van der Waals surface area contributed by atoms with Gasteiger partial charge in [0.15, 0.2) is 5.16 Å². The van der Waals surface area contributed by atoms with Crippen LogP contribution in [0.5, 0.6) is 0 Å². The maximum atomic E-state index is 5.56. The van der Waals surface area contributed by atoms with E-state index in [0.717, 1.165) is 36.1 Å². The molecule has 2 heterocycles. The van der Waals surface area contributed by atoms with Gasteiger partial charge in [-0.25, -0.2) is 9.97 Å². The van der Waals surface area contributed by atoms with Crippen LogP contribution >= 0.6 is 11.8 Å². The molecular weight excluding hydrogens is 196 g/mol. The van der Waals surface area contributed by atoms with Crippen molar-refractivity contribution in [3.63, 3.8) is 0 Å². The van der Waals surface area contributed by atoms with Crippen LogP contribution in [0.15, 0.2) is 5.16 Å². The number of nitrogens with two attached hydrogens (primary N) is 1. The van der Waals surface area contributed by atoms with Crippen LogP contribution in [0.25, 0.3) is 0 Å². The molecule has 0 atom stereocenters. The van der Waals surface area contributed by atoms with Crippen LogP contribution in [-0.2, 0) is 19.5 Å². The van der Waals surface area contributed by atoms with Gasteiger partial charge < -0.3 is 11.1 Å². The van der Waals surface area contributed by atoms with Crippen LogP contribution < -0.4 is 11.1 Å². The van der Waals surface area contributed by atoms with E-state index in [0.29, 0.717) is 6.54 Å². The van der Waals surface area contributed by atoms with Gasteiger partial charge in [-0.3, -0.25) is 0 Å². The summed E-state index contributed by atoms with van der Waals surface area (Å²) in [6.45, 7) is 2.40. The fourth-order valence-electron chi connectivity index (χ4n) is 1.65. The van der Waals surface area contributed by atoms with E-state index in [9.17, 15) is 0 Å². The number of aromatic nitrogens is 2. The molecule has 0 spiro atoms. The molecular formula is C9H14N4S. The number of hydrogen-bond acceptors (Lipinski definition) is 5. The van der Waals surface area contributed by atoms with Gasteiger partial charge in [-0.1, -0.05) is 11.8 Å². The molecule has 4 nitrogen and oxygen atoms in total. The summed E-state index contributed by atoms with van der Waals surface area (Å²) in [7, 11) is 0. The van der Waals surface area contributed by atoms with E-state index < -0.39 is 0 Å². The van der Waals surface area contributed by atoms with Crippen molar-refractivity contribution in [2.24, 2.45) is 5.73 Å². The Bertz CT molecular complexity index is 340. The van der Waals surface area contributed by atoms with Gasteiger partial charge in [-0.2, -0.15) is 0 Å². The van der Waals surface area contributed by atoms with Crippen molar-refractivity contribution in [1.29, 1.82) is 0 Å². The zero-order valence-electron chi connectivity index (χ0n) is 8.21. The molecule has 1 aliphatic heterocycles. The van der Waals surface area contributed by atoms with Gasteiger partial charge in [0, 0.05) is 25.1 Å². The zero-order valence-corrected chi connectivity index (χ0v) is 9.02. The van der Waals surface area contributed by atoms with Gasteiger partial charge in [0.2, 0.25) is 0 Å². The Balaban J connectivity index is 2.41. The standard InChI is InChI=1S/C9H14N4S/c1-14-9-12-7(2-3-10)6-4-11-5-8(6)13-9/h11H,2-5,10H2,1H3. The van der Waals surface area contributed by atoms with Crippen LogP contribution in [0.2, 0.25) is 0 Å². The molecule has 2 rings (SSSR count). The second-order valence-corrected chi connectivity index (χ2v) is 4.00. The molecule has 14 heavy (non-hydrogen) atoms. The van der Waals surface area contributed by atoms with E-state index in [1.54, 1.807) is 11.8 Å². The average Bonchev–Trinajstić information content (AvgIpc) is 2.66. The summed E-state index contributed by atoms with van der Waals surface area (Å²) in [5.74, 6) is 0. The Kier molecular flexibility index (Phi) is 3.00. The van der Waals surface area contributed by atoms with Crippen molar-refractivity contribution in [3.05, 3.63) is 17.0 Å². The molecule has 0 amide bonds. The lowest BCUT2D eigenvalue weighted by atomic mass is 10.1. The quantitative estimate of drug-likeness (QED) is 0.555. The Morgan fingerprint density at radius 2 is 2.29 bits per heavy atom. The number of fused-ring (bicyclic) bond motifs is 1. The molecule has 0 saturated heterocycles. The number of rotatable bonds is 3. The normalized spacial score (nSPS) is 14.4. The predicted molar refractivity (Wildman–Crippen MR) is 57.1 cm³/mol. The highest BCUT2D eigenvalue weighted by molar-refractivity contribution is 7.98. The molecule has 0 aromatic carbocycles. The number of nitrogens with one attached hydrogen (secondary N) is 1. The average molecular weight is 210 g/mol. The monoisotopic (exact) mass is 210 g/mol. The van der Waals surface area contributed by atoms with E-state index >= 15 is 0 Å². The second-order valence-electron chi connectivity index (χ2n) is 3.22. The summed E-state index contributed by atoms with van der Waals surface area (Å²) in [5, 5.41) is 4.14. The largest absolute Gasteiger partial charge is 0.330 e. The molecule has 0 bridgehead atoms. The third-order valence-electron chi connectivity index (χ3n) is 2.32. The molecule has 5 heteroatoms. The Labute approximate surface area is 87.7 Å². The molecule has 1 aromatic rings. The summed E-state index contributed by atoms with van der Waals surface area (Å²) < 4.78 is 0. The molecule has 0 radical (unpaired) electrons. The topological polar surface area (TPSA) is 63.8 Å². The molecule has 0 aliphatic carbocycles. The van der Waals surface area contributed by atoms with Crippen molar-refractivity contribution < 1.29 is 0 Å². The van der Waals surface area contributed by atoms with E-state index in [4.69, 9.17) is 5.73 Å². The smallest absolute Gasteiger partial charge is 0.187 e. The van der Waals surface area contributed by atoms with Crippen LogP contribution in [0.1, 0.15) is 17.0 Å². The second kappa shape index (κ2) is 4.25. The third kappa shape index (κ3) is 1.75. The van der Waals surface area contributed by atoms with Crippen molar-refractivity contribution in [3.8, 4) is 0 Å². The first-order chi connectivity index (χ1) is 6.85. The molecule has 1 aromatic heterocycles. The minimum atomic E-state index is 0.650. The van der Waals surface area contributed by atoms with Gasteiger partial charge in [-0.05, 0) is 12.8 Å². The lowest BCUT2D eigenvalue weighted by Gasteiger charge is -2.06. The highest BCUT2D eigenvalue weighted by Gasteiger charge is 2.17. The van der Waals surface area contributed by atoms with Gasteiger partial charge >= 0.3 is 0 Å². The highest BCUT2D eigenvalue weighted by atomic mass is 32.2. The molecule has 0 saturated carbocycles.